The highest BCUT2D eigenvalue weighted by atomic mass is 16.5. The lowest BCUT2D eigenvalue weighted by atomic mass is 10.1. The normalized spacial score (nSPS) is 11.0. The number of fused-ring (bicyclic) bond motifs is 2. The van der Waals surface area contributed by atoms with Crippen molar-refractivity contribution in [3.05, 3.63) is 46.1 Å². The first-order chi connectivity index (χ1) is 10.0. The van der Waals surface area contributed by atoms with Crippen LogP contribution in [0, 0.1) is 6.92 Å². The van der Waals surface area contributed by atoms with E-state index in [1.807, 2.05) is 44.1 Å². The van der Waals surface area contributed by atoms with Crippen molar-refractivity contribution in [2.24, 2.45) is 0 Å². The second kappa shape index (κ2) is 4.81. The monoisotopic (exact) mass is 283 g/mol. The summed E-state index contributed by atoms with van der Waals surface area (Å²) in [6.07, 6.45) is 0. The van der Waals surface area contributed by atoms with Crippen LogP contribution in [-0.2, 0) is 0 Å². The Kier molecular flexibility index (Phi) is 3.09. The van der Waals surface area contributed by atoms with Crippen LogP contribution in [0.15, 0.2) is 39.5 Å². The molecule has 0 amide bonds. The van der Waals surface area contributed by atoms with Crippen molar-refractivity contribution in [3.63, 3.8) is 0 Å². The average molecular weight is 283 g/mol. The van der Waals surface area contributed by atoms with Gasteiger partial charge in [0.1, 0.15) is 5.58 Å². The highest BCUT2D eigenvalue weighted by Gasteiger charge is 2.18. The molecular formula is C17H17NO3. The van der Waals surface area contributed by atoms with Crippen LogP contribution in [0.4, 0.5) is 5.69 Å². The summed E-state index contributed by atoms with van der Waals surface area (Å²) in [5.74, 6) is 0.587. The largest absolute Gasteiger partial charge is 0.491 e. The molecule has 0 aliphatic heterocycles. The minimum atomic E-state index is -0.0204. The molecule has 1 heterocycles. The molecule has 1 aromatic heterocycles. The number of rotatable bonds is 2. The Labute approximate surface area is 122 Å². The van der Waals surface area contributed by atoms with Crippen molar-refractivity contribution >= 4 is 27.6 Å². The zero-order valence-electron chi connectivity index (χ0n) is 12.6. The fraction of sp³-hybridized carbons (Fsp3) is 0.235. The molecule has 0 unspecified atom stereocenters. The van der Waals surface area contributed by atoms with E-state index in [9.17, 15) is 4.79 Å². The highest BCUT2D eigenvalue weighted by Crippen LogP contribution is 2.37. The Morgan fingerprint density at radius 1 is 1.19 bits per heavy atom. The maximum Gasteiger partial charge on any atom is 0.200 e. The van der Waals surface area contributed by atoms with Crippen LogP contribution >= 0.6 is 0 Å². The lowest BCUT2D eigenvalue weighted by Crippen LogP contribution is -2.12. The highest BCUT2D eigenvalue weighted by molar-refractivity contribution is 5.97. The van der Waals surface area contributed by atoms with Gasteiger partial charge in [0.15, 0.2) is 11.3 Å². The van der Waals surface area contributed by atoms with E-state index >= 15 is 0 Å². The van der Waals surface area contributed by atoms with E-state index in [1.54, 1.807) is 19.2 Å². The van der Waals surface area contributed by atoms with Crippen LogP contribution in [0.25, 0.3) is 21.9 Å². The van der Waals surface area contributed by atoms with Crippen molar-refractivity contribution in [3.8, 4) is 5.75 Å². The van der Waals surface area contributed by atoms with Crippen molar-refractivity contribution in [1.29, 1.82) is 0 Å². The molecule has 0 fully saturated rings. The van der Waals surface area contributed by atoms with Gasteiger partial charge in [-0.3, -0.25) is 4.79 Å². The molecule has 4 nitrogen and oxygen atoms in total. The van der Waals surface area contributed by atoms with Gasteiger partial charge in [0.25, 0.3) is 0 Å². The van der Waals surface area contributed by atoms with Crippen molar-refractivity contribution in [1.82, 2.24) is 0 Å². The molecule has 108 valence electrons. The molecule has 0 aliphatic rings. The Morgan fingerprint density at radius 2 is 1.90 bits per heavy atom. The zero-order chi connectivity index (χ0) is 15.1. The van der Waals surface area contributed by atoms with E-state index in [1.165, 1.54) is 0 Å². The fourth-order valence-electron chi connectivity index (χ4n) is 2.65. The molecule has 3 aromatic rings. The number of nitrogens with zero attached hydrogens (tertiary/aromatic N) is 1. The maximum atomic E-state index is 12.7. The first-order valence-corrected chi connectivity index (χ1v) is 6.75. The molecule has 0 saturated carbocycles. The van der Waals surface area contributed by atoms with Crippen LogP contribution in [0.1, 0.15) is 5.56 Å². The number of para-hydroxylation sites is 1. The van der Waals surface area contributed by atoms with Gasteiger partial charge in [-0.25, -0.2) is 0 Å². The van der Waals surface area contributed by atoms with Gasteiger partial charge in [-0.2, -0.15) is 0 Å². The summed E-state index contributed by atoms with van der Waals surface area (Å²) in [4.78, 5) is 14.7. The summed E-state index contributed by atoms with van der Waals surface area (Å²) < 4.78 is 11.5. The van der Waals surface area contributed by atoms with E-state index in [0.717, 1.165) is 11.3 Å². The summed E-state index contributed by atoms with van der Waals surface area (Å²) in [7, 11) is 5.46. The SMILES string of the molecule is COc1c(N(C)C)cc(C)c2c(=O)c3ccccc3oc12. The maximum absolute atomic E-state index is 12.7. The Morgan fingerprint density at radius 3 is 2.57 bits per heavy atom. The topological polar surface area (TPSA) is 42.7 Å². The second-order valence-electron chi connectivity index (χ2n) is 5.27. The molecule has 4 heteroatoms. The molecule has 2 aromatic carbocycles. The van der Waals surface area contributed by atoms with Crippen molar-refractivity contribution in [2.75, 3.05) is 26.1 Å². The summed E-state index contributed by atoms with van der Waals surface area (Å²) in [5.41, 5.74) is 2.83. The van der Waals surface area contributed by atoms with Crippen LogP contribution in [-0.4, -0.2) is 21.2 Å². The van der Waals surface area contributed by atoms with Crippen LogP contribution < -0.4 is 15.1 Å². The fourth-order valence-corrected chi connectivity index (χ4v) is 2.65. The van der Waals surface area contributed by atoms with E-state index in [2.05, 4.69) is 0 Å². The van der Waals surface area contributed by atoms with Gasteiger partial charge in [0.2, 0.25) is 5.43 Å². The summed E-state index contributed by atoms with van der Waals surface area (Å²) in [6, 6.07) is 9.23. The number of aryl methyl sites for hydroxylation is 1. The summed E-state index contributed by atoms with van der Waals surface area (Å²) in [6.45, 7) is 1.92. The average Bonchev–Trinajstić information content (AvgIpc) is 2.46. The third-order valence-electron chi connectivity index (χ3n) is 3.67. The molecule has 0 saturated heterocycles. The number of anilines is 1. The van der Waals surface area contributed by atoms with Crippen molar-refractivity contribution in [2.45, 2.75) is 6.92 Å². The summed E-state index contributed by atoms with van der Waals surface area (Å²) >= 11 is 0. The molecule has 0 aliphatic carbocycles. The number of benzene rings is 2. The van der Waals surface area contributed by atoms with Gasteiger partial charge in [-0.1, -0.05) is 12.1 Å². The number of ether oxygens (including phenoxy) is 1. The predicted molar refractivity (Wildman–Crippen MR) is 85.6 cm³/mol. The van der Waals surface area contributed by atoms with Gasteiger partial charge < -0.3 is 14.1 Å². The molecule has 0 radical (unpaired) electrons. The Hall–Kier alpha value is -2.49. The Bertz CT molecular complexity index is 894. The minimum absolute atomic E-state index is 0.0204. The Balaban J connectivity index is 2.58. The van der Waals surface area contributed by atoms with Gasteiger partial charge in [0, 0.05) is 14.1 Å². The summed E-state index contributed by atoms with van der Waals surface area (Å²) in [5, 5.41) is 1.17. The molecule has 0 bridgehead atoms. The van der Waals surface area contributed by atoms with E-state index in [0.29, 0.717) is 27.7 Å². The minimum Gasteiger partial charge on any atom is -0.491 e. The second-order valence-corrected chi connectivity index (χ2v) is 5.27. The van der Waals surface area contributed by atoms with E-state index < -0.39 is 0 Å². The molecule has 0 atom stereocenters. The lowest BCUT2D eigenvalue weighted by molar-refractivity contribution is 0.412. The molecule has 3 rings (SSSR count). The van der Waals surface area contributed by atoms with Crippen molar-refractivity contribution < 1.29 is 9.15 Å². The predicted octanol–water partition coefficient (Wildman–Crippen LogP) is 3.33. The smallest absolute Gasteiger partial charge is 0.200 e. The van der Waals surface area contributed by atoms with Gasteiger partial charge in [-0.15, -0.1) is 0 Å². The molecule has 21 heavy (non-hydrogen) atoms. The number of methoxy groups -OCH3 is 1. The molecular weight excluding hydrogens is 266 g/mol. The molecule has 0 N–H and O–H groups in total. The van der Waals surface area contributed by atoms with Crippen LogP contribution in [0.2, 0.25) is 0 Å². The standard InChI is InChI=1S/C17H17NO3/c1-10-9-12(18(2)3)16(20-4)17-14(10)15(19)11-7-5-6-8-13(11)21-17/h5-9H,1-4H3. The van der Waals surface area contributed by atoms with Gasteiger partial charge in [0.05, 0.1) is 23.6 Å². The van der Waals surface area contributed by atoms with Gasteiger partial charge >= 0.3 is 0 Å². The van der Waals surface area contributed by atoms with Crippen LogP contribution in [0.3, 0.4) is 0 Å². The third-order valence-corrected chi connectivity index (χ3v) is 3.67. The van der Waals surface area contributed by atoms with Gasteiger partial charge in [-0.05, 0) is 30.7 Å². The number of hydrogen-bond donors (Lipinski definition) is 0. The first kappa shape index (κ1) is 13.5. The lowest BCUT2D eigenvalue weighted by Gasteiger charge is -2.19. The zero-order valence-corrected chi connectivity index (χ0v) is 12.6. The number of hydrogen-bond acceptors (Lipinski definition) is 4. The van der Waals surface area contributed by atoms with Crippen LogP contribution in [0.5, 0.6) is 5.75 Å². The third kappa shape index (κ3) is 1.95. The quantitative estimate of drug-likeness (QED) is 0.677. The first-order valence-electron chi connectivity index (χ1n) is 6.75. The molecule has 0 spiro atoms. The van der Waals surface area contributed by atoms with E-state index in [4.69, 9.17) is 9.15 Å². The van der Waals surface area contributed by atoms with E-state index in [-0.39, 0.29) is 5.43 Å².